The van der Waals surface area contributed by atoms with Gasteiger partial charge in [-0.1, -0.05) is 0 Å². The van der Waals surface area contributed by atoms with Crippen LogP contribution in [-0.4, -0.2) is 32.6 Å². The molecule has 0 fully saturated rings. The van der Waals surface area contributed by atoms with Crippen molar-refractivity contribution in [2.75, 3.05) is 20.8 Å². The van der Waals surface area contributed by atoms with Gasteiger partial charge in [-0.05, 0) is 24.3 Å². The summed E-state index contributed by atoms with van der Waals surface area (Å²) in [6.07, 6.45) is 0. The fraction of sp³-hybridized carbons (Fsp3) is 0.176. The third-order valence-electron chi connectivity index (χ3n) is 3.14. The van der Waals surface area contributed by atoms with Gasteiger partial charge in [0, 0.05) is 12.1 Å². The zero-order valence-electron chi connectivity index (χ0n) is 13.0. The molecule has 0 saturated carbocycles. The number of rotatable bonds is 6. The Morgan fingerprint density at radius 2 is 1.62 bits per heavy atom. The summed E-state index contributed by atoms with van der Waals surface area (Å²) in [4.78, 5) is 23.9. The lowest BCUT2D eigenvalue weighted by Crippen LogP contribution is -2.15. The largest absolute Gasteiger partial charge is 0.497 e. The Labute approximate surface area is 136 Å². The average molecular weight is 336 g/mol. The third kappa shape index (κ3) is 4.07. The zero-order valence-corrected chi connectivity index (χ0v) is 13.0. The van der Waals surface area contributed by atoms with E-state index in [1.807, 2.05) is 0 Å². The summed E-state index contributed by atoms with van der Waals surface area (Å²) in [5.74, 6) is -2.60. The van der Waals surface area contributed by atoms with Crippen molar-refractivity contribution in [1.82, 2.24) is 0 Å². The predicted octanol–water partition coefficient (Wildman–Crippen LogP) is 3.02. The van der Waals surface area contributed by atoms with E-state index in [0.717, 1.165) is 12.1 Å². The first-order chi connectivity index (χ1) is 11.4. The Hall–Kier alpha value is -2.96. The van der Waals surface area contributed by atoms with Crippen molar-refractivity contribution in [3.63, 3.8) is 0 Å². The lowest BCUT2D eigenvalue weighted by molar-refractivity contribution is 0.0473. The molecule has 0 aliphatic heterocycles. The van der Waals surface area contributed by atoms with Crippen LogP contribution in [0.1, 0.15) is 20.7 Å². The van der Waals surface area contributed by atoms with Crippen molar-refractivity contribution in [1.29, 1.82) is 0 Å². The second-order valence-corrected chi connectivity index (χ2v) is 4.72. The smallest absolute Gasteiger partial charge is 0.338 e. The molecule has 0 aliphatic rings. The number of hydrogen-bond acceptors (Lipinski definition) is 5. The van der Waals surface area contributed by atoms with Gasteiger partial charge >= 0.3 is 5.97 Å². The van der Waals surface area contributed by atoms with E-state index in [1.165, 1.54) is 26.4 Å². The quantitative estimate of drug-likeness (QED) is 0.599. The normalized spacial score (nSPS) is 10.2. The Morgan fingerprint density at radius 1 is 0.958 bits per heavy atom. The molecule has 2 rings (SSSR count). The van der Waals surface area contributed by atoms with Crippen LogP contribution in [-0.2, 0) is 4.74 Å². The van der Waals surface area contributed by atoms with Gasteiger partial charge in [-0.3, -0.25) is 4.79 Å². The highest BCUT2D eigenvalue weighted by molar-refractivity contribution is 6.01. The van der Waals surface area contributed by atoms with E-state index in [9.17, 15) is 18.4 Å². The van der Waals surface area contributed by atoms with Crippen molar-refractivity contribution in [2.45, 2.75) is 0 Å². The number of carbonyl (C=O) groups is 2. The van der Waals surface area contributed by atoms with Crippen LogP contribution in [0, 0.1) is 11.6 Å². The second kappa shape index (κ2) is 7.54. The molecule has 0 aliphatic carbocycles. The minimum absolute atomic E-state index is 0.191. The topological polar surface area (TPSA) is 61.8 Å². The first-order valence-electron chi connectivity index (χ1n) is 6.83. The van der Waals surface area contributed by atoms with Crippen molar-refractivity contribution in [3.8, 4) is 11.5 Å². The summed E-state index contributed by atoms with van der Waals surface area (Å²) >= 11 is 0. The molecule has 5 nitrogen and oxygen atoms in total. The maximum absolute atomic E-state index is 13.1. The van der Waals surface area contributed by atoms with Gasteiger partial charge in [0.2, 0.25) is 5.78 Å². The Balaban J connectivity index is 2.09. The highest BCUT2D eigenvalue weighted by Gasteiger charge is 2.17. The summed E-state index contributed by atoms with van der Waals surface area (Å²) in [6, 6.07) is 6.81. The van der Waals surface area contributed by atoms with Gasteiger partial charge in [-0.25, -0.2) is 13.6 Å². The maximum atomic E-state index is 13.1. The van der Waals surface area contributed by atoms with Crippen molar-refractivity contribution >= 4 is 11.8 Å². The van der Waals surface area contributed by atoms with Crippen LogP contribution in [0.5, 0.6) is 11.5 Å². The van der Waals surface area contributed by atoms with E-state index >= 15 is 0 Å². The van der Waals surface area contributed by atoms with E-state index in [4.69, 9.17) is 14.2 Å². The molecule has 0 radical (unpaired) electrons. The zero-order chi connectivity index (χ0) is 17.7. The summed E-state index contributed by atoms with van der Waals surface area (Å²) in [6.45, 7) is -0.598. The number of methoxy groups -OCH3 is 2. The molecule has 2 aromatic rings. The monoisotopic (exact) mass is 336 g/mol. The number of ether oxygens (including phenoxy) is 3. The molecule has 24 heavy (non-hydrogen) atoms. The molecule has 2 aromatic carbocycles. The first-order valence-corrected chi connectivity index (χ1v) is 6.83. The number of carbonyl (C=O) groups excluding carboxylic acids is 2. The van der Waals surface area contributed by atoms with Gasteiger partial charge in [0.05, 0.1) is 25.3 Å². The molecule has 126 valence electrons. The molecule has 7 heteroatoms. The van der Waals surface area contributed by atoms with E-state index < -0.39 is 30.0 Å². The first kappa shape index (κ1) is 17.4. The van der Waals surface area contributed by atoms with Crippen LogP contribution in [0.15, 0.2) is 36.4 Å². The van der Waals surface area contributed by atoms with Gasteiger partial charge in [0.25, 0.3) is 0 Å². The van der Waals surface area contributed by atoms with Crippen LogP contribution >= 0.6 is 0 Å². The molecular formula is C17H14F2O5. The molecule has 0 unspecified atom stereocenters. The summed E-state index contributed by atoms with van der Waals surface area (Å²) in [5, 5.41) is 0. The van der Waals surface area contributed by atoms with E-state index in [1.54, 1.807) is 6.07 Å². The maximum Gasteiger partial charge on any atom is 0.338 e. The molecule has 0 bridgehead atoms. The number of hydrogen-bond donors (Lipinski definition) is 0. The standard InChI is InChI=1S/C17H14F2O5/c1-22-13-3-4-14(16(8-13)23-2)15(20)9-24-17(21)10-5-11(18)7-12(19)6-10/h3-8H,9H2,1-2H3. The number of esters is 1. The van der Waals surface area contributed by atoms with E-state index in [-0.39, 0.29) is 16.9 Å². The molecule has 0 aromatic heterocycles. The Morgan fingerprint density at radius 3 is 2.21 bits per heavy atom. The molecule has 0 heterocycles. The van der Waals surface area contributed by atoms with Gasteiger partial charge in [-0.15, -0.1) is 0 Å². The fourth-order valence-corrected chi connectivity index (χ4v) is 1.99. The molecule has 0 saturated heterocycles. The van der Waals surface area contributed by atoms with Crippen LogP contribution in [0.3, 0.4) is 0 Å². The number of ketones is 1. The summed E-state index contributed by atoms with van der Waals surface area (Å²) in [7, 11) is 2.85. The Kier molecular flexibility index (Phi) is 5.47. The number of halogens is 2. The molecular weight excluding hydrogens is 322 g/mol. The highest BCUT2D eigenvalue weighted by atomic mass is 19.1. The molecule has 0 spiro atoms. The van der Waals surface area contributed by atoms with Crippen LogP contribution < -0.4 is 9.47 Å². The van der Waals surface area contributed by atoms with Crippen molar-refractivity contribution < 1.29 is 32.6 Å². The van der Waals surface area contributed by atoms with Crippen LogP contribution in [0.4, 0.5) is 8.78 Å². The van der Waals surface area contributed by atoms with Gasteiger partial charge in [0.1, 0.15) is 23.1 Å². The number of Topliss-reactive ketones (excluding diaryl/α,β-unsaturated/α-hetero) is 1. The van der Waals surface area contributed by atoms with Gasteiger partial charge in [0.15, 0.2) is 6.61 Å². The van der Waals surface area contributed by atoms with Crippen LogP contribution in [0.2, 0.25) is 0 Å². The Bertz CT molecular complexity index is 753. The SMILES string of the molecule is COc1ccc(C(=O)COC(=O)c2cc(F)cc(F)c2)c(OC)c1. The third-order valence-corrected chi connectivity index (χ3v) is 3.14. The minimum atomic E-state index is -1.01. The van der Waals surface area contributed by atoms with Crippen molar-refractivity contribution in [3.05, 3.63) is 59.2 Å². The predicted molar refractivity (Wildman–Crippen MR) is 80.5 cm³/mol. The molecule has 0 N–H and O–H groups in total. The molecule has 0 amide bonds. The van der Waals surface area contributed by atoms with E-state index in [0.29, 0.717) is 11.8 Å². The van der Waals surface area contributed by atoms with Crippen molar-refractivity contribution in [2.24, 2.45) is 0 Å². The van der Waals surface area contributed by atoms with E-state index in [2.05, 4.69) is 0 Å². The number of benzene rings is 2. The minimum Gasteiger partial charge on any atom is -0.497 e. The second-order valence-electron chi connectivity index (χ2n) is 4.72. The lowest BCUT2D eigenvalue weighted by atomic mass is 10.1. The van der Waals surface area contributed by atoms with Gasteiger partial charge in [-0.2, -0.15) is 0 Å². The highest BCUT2D eigenvalue weighted by Crippen LogP contribution is 2.25. The lowest BCUT2D eigenvalue weighted by Gasteiger charge is -2.10. The van der Waals surface area contributed by atoms with Crippen LogP contribution in [0.25, 0.3) is 0 Å². The summed E-state index contributed by atoms with van der Waals surface area (Å²) in [5.41, 5.74) is -0.126. The fourth-order valence-electron chi connectivity index (χ4n) is 1.99. The average Bonchev–Trinajstić information content (AvgIpc) is 2.57. The summed E-state index contributed by atoms with van der Waals surface area (Å²) < 4.78 is 41.1. The van der Waals surface area contributed by atoms with Gasteiger partial charge < -0.3 is 14.2 Å². The molecule has 0 atom stereocenters.